The van der Waals surface area contributed by atoms with Gasteiger partial charge in [0.2, 0.25) is 21.8 Å². The Morgan fingerprint density at radius 3 is 1.93 bits per heavy atom. The zero-order valence-corrected chi connectivity index (χ0v) is 24.1. The highest BCUT2D eigenvalue weighted by Crippen LogP contribution is 2.17. The Morgan fingerprint density at radius 2 is 1.38 bits per heavy atom. The number of sulfonamides is 1. The van der Waals surface area contributed by atoms with E-state index in [1.54, 1.807) is 36.4 Å². The molecule has 0 fully saturated rings. The maximum absolute atomic E-state index is 13.9. The number of nitrogens with zero attached hydrogens (tertiary/aromatic N) is 2. The minimum Gasteiger partial charge on any atom is -0.354 e. The van der Waals surface area contributed by atoms with E-state index < -0.39 is 34.3 Å². The lowest BCUT2D eigenvalue weighted by Crippen LogP contribution is -2.53. The highest BCUT2D eigenvalue weighted by Gasteiger charge is 2.32. The molecule has 0 aliphatic carbocycles. The predicted molar refractivity (Wildman–Crippen MR) is 155 cm³/mol. The van der Waals surface area contributed by atoms with Crippen molar-refractivity contribution in [2.24, 2.45) is 5.92 Å². The minimum atomic E-state index is -3.76. The van der Waals surface area contributed by atoms with Crippen LogP contribution in [0.5, 0.6) is 0 Å². The normalized spacial score (nSPS) is 12.3. The molecule has 0 spiro atoms. The van der Waals surface area contributed by atoms with E-state index in [2.05, 4.69) is 19.2 Å². The fraction of sp³-hybridized carbons (Fsp3) is 0.355. The molecule has 1 atom stereocenters. The summed E-state index contributed by atoms with van der Waals surface area (Å²) in [5.74, 6) is -0.884. The number of nitrogens with one attached hydrogen (secondary N) is 1. The maximum Gasteiger partial charge on any atom is 0.243 e. The SMILES string of the molecule is CC(C)CCNC(=O)[C@H](Cc1ccccc1)N(Cc1ccc(F)cc1)C(=O)CN(Cc1ccccc1)S(C)(=O)=O. The molecule has 214 valence electrons. The van der Waals surface area contributed by atoms with Gasteiger partial charge >= 0.3 is 0 Å². The molecule has 3 aromatic carbocycles. The van der Waals surface area contributed by atoms with Crippen LogP contribution in [0.15, 0.2) is 84.9 Å². The lowest BCUT2D eigenvalue weighted by atomic mass is 10.0. The second-order valence-electron chi connectivity index (χ2n) is 10.3. The Hall–Kier alpha value is -3.56. The molecule has 0 aromatic heterocycles. The van der Waals surface area contributed by atoms with Crippen LogP contribution < -0.4 is 5.32 Å². The van der Waals surface area contributed by atoms with Gasteiger partial charge in [-0.1, -0.05) is 86.6 Å². The van der Waals surface area contributed by atoms with Crippen molar-refractivity contribution in [3.63, 3.8) is 0 Å². The summed E-state index contributed by atoms with van der Waals surface area (Å²) in [6, 6.07) is 23.2. The van der Waals surface area contributed by atoms with Gasteiger partial charge in [-0.15, -0.1) is 0 Å². The van der Waals surface area contributed by atoms with Gasteiger partial charge in [0, 0.05) is 26.1 Å². The Labute approximate surface area is 237 Å². The van der Waals surface area contributed by atoms with Crippen LogP contribution in [-0.2, 0) is 39.1 Å². The molecule has 1 N–H and O–H groups in total. The molecule has 3 rings (SSSR count). The van der Waals surface area contributed by atoms with Crippen LogP contribution in [0.1, 0.15) is 37.0 Å². The summed E-state index contributed by atoms with van der Waals surface area (Å²) < 4.78 is 40.2. The van der Waals surface area contributed by atoms with Gasteiger partial charge in [-0.3, -0.25) is 9.59 Å². The molecule has 0 unspecified atom stereocenters. The van der Waals surface area contributed by atoms with Crippen molar-refractivity contribution >= 4 is 21.8 Å². The van der Waals surface area contributed by atoms with E-state index in [-0.39, 0.29) is 25.4 Å². The molecule has 0 aliphatic heterocycles. The number of rotatable bonds is 14. The van der Waals surface area contributed by atoms with Crippen molar-refractivity contribution in [1.29, 1.82) is 0 Å². The first kappa shape index (κ1) is 31.0. The molecular formula is C31H38FN3O4S. The van der Waals surface area contributed by atoms with Crippen LogP contribution >= 0.6 is 0 Å². The Kier molecular flexibility index (Phi) is 11.4. The Bertz CT molecular complexity index is 1330. The molecule has 0 saturated carbocycles. The number of halogens is 1. The van der Waals surface area contributed by atoms with Gasteiger partial charge < -0.3 is 10.2 Å². The zero-order chi connectivity index (χ0) is 29.1. The summed E-state index contributed by atoms with van der Waals surface area (Å²) in [7, 11) is -3.76. The van der Waals surface area contributed by atoms with E-state index in [0.717, 1.165) is 28.1 Å². The monoisotopic (exact) mass is 567 g/mol. The summed E-state index contributed by atoms with van der Waals surface area (Å²) in [5, 5.41) is 2.96. The zero-order valence-electron chi connectivity index (χ0n) is 23.3. The molecular weight excluding hydrogens is 529 g/mol. The fourth-order valence-electron chi connectivity index (χ4n) is 4.26. The fourth-order valence-corrected chi connectivity index (χ4v) is 4.99. The minimum absolute atomic E-state index is 0.0111. The number of carbonyl (C=O) groups excluding carboxylic acids is 2. The molecule has 0 heterocycles. The van der Waals surface area contributed by atoms with Gasteiger partial charge in [0.15, 0.2) is 0 Å². The van der Waals surface area contributed by atoms with E-state index in [1.807, 2.05) is 36.4 Å². The number of benzene rings is 3. The van der Waals surface area contributed by atoms with E-state index in [4.69, 9.17) is 0 Å². The first-order valence-corrected chi connectivity index (χ1v) is 15.2. The van der Waals surface area contributed by atoms with Crippen LogP contribution in [0.2, 0.25) is 0 Å². The smallest absolute Gasteiger partial charge is 0.243 e. The molecule has 0 radical (unpaired) electrons. The number of hydrogen-bond acceptors (Lipinski definition) is 4. The molecule has 9 heteroatoms. The summed E-state index contributed by atoms with van der Waals surface area (Å²) in [4.78, 5) is 29.0. The molecule has 2 amide bonds. The topological polar surface area (TPSA) is 86.8 Å². The van der Waals surface area contributed by atoms with Crippen molar-refractivity contribution in [2.75, 3.05) is 19.3 Å². The van der Waals surface area contributed by atoms with Crippen molar-refractivity contribution in [3.05, 3.63) is 107 Å². The van der Waals surface area contributed by atoms with Crippen molar-refractivity contribution in [3.8, 4) is 0 Å². The molecule has 7 nitrogen and oxygen atoms in total. The van der Waals surface area contributed by atoms with Gasteiger partial charge in [0.25, 0.3) is 0 Å². The average Bonchev–Trinajstić information content (AvgIpc) is 2.91. The van der Waals surface area contributed by atoms with E-state index in [1.165, 1.54) is 17.0 Å². The molecule has 3 aromatic rings. The van der Waals surface area contributed by atoms with E-state index >= 15 is 0 Å². The Balaban J connectivity index is 1.97. The van der Waals surface area contributed by atoms with Crippen molar-refractivity contribution in [1.82, 2.24) is 14.5 Å². The number of hydrogen-bond donors (Lipinski definition) is 1. The standard InChI is InChI=1S/C31H38FN3O4S/c1-24(2)18-19-33-31(37)29(20-25-10-6-4-7-11-25)35(22-27-14-16-28(32)17-15-27)30(36)23-34(40(3,38)39)21-26-12-8-5-9-13-26/h4-17,24,29H,18-23H2,1-3H3,(H,33,37)/t29-/m0/s1. The van der Waals surface area contributed by atoms with Crippen LogP contribution in [0, 0.1) is 11.7 Å². The van der Waals surface area contributed by atoms with Gasteiger partial charge in [-0.2, -0.15) is 4.31 Å². The predicted octanol–water partition coefficient (Wildman–Crippen LogP) is 4.39. The molecule has 0 bridgehead atoms. The average molecular weight is 568 g/mol. The maximum atomic E-state index is 13.9. The summed E-state index contributed by atoms with van der Waals surface area (Å²) in [6.07, 6.45) is 2.07. The summed E-state index contributed by atoms with van der Waals surface area (Å²) in [6.45, 7) is 4.15. The summed E-state index contributed by atoms with van der Waals surface area (Å²) in [5.41, 5.74) is 2.21. The summed E-state index contributed by atoms with van der Waals surface area (Å²) >= 11 is 0. The van der Waals surface area contributed by atoms with E-state index in [9.17, 15) is 22.4 Å². The first-order chi connectivity index (χ1) is 19.0. The molecule has 0 aliphatic rings. The van der Waals surface area contributed by atoms with Crippen molar-refractivity contribution in [2.45, 2.75) is 45.8 Å². The third kappa shape index (κ3) is 9.88. The van der Waals surface area contributed by atoms with Crippen LogP contribution in [0.3, 0.4) is 0 Å². The van der Waals surface area contributed by atoms with Gasteiger partial charge in [0.05, 0.1) is 12.8 Å². The number of carbonyl (C=O) groups is 2. The van der Waals surface area contributed by atoms with Crippen LogP contribution in [0.4, 0.5) is 4.39 Å². The van der Waals surface area contributed by atoms with Crippen LogP contribution in [0.25, 0.3) is 0 Å². The molecule has 0 saturated heterocycles. The van der Waals surface area contributed by atoms with Crippen molar-refractivity contribution < 1.29 is 22.4 Å². The van der Waals surface area contributed by atoms with Gasteiger partial charge in [-0.05, 0) is 41.2 Å². The Morgan fingerprint density at radius 1 is 0.825 bits per heavy atom. The second-order valence-corrected chi connectivity index (χ2v) is 12.3. The highest BCUT2D eigenvalue weighted by atomic mass is 32.2. The number of amides is 2. The quantitative estimate of drug-likeness (QED) is 0.313. The lowest BCUT2D eigenvalue weighted by molar-refractivity contribution is -0.141. The highest BCUT2D eigenvalue weighted by molar-refractivity contribution is 7.88. The largest absolute Gasteiger partial charge is 0.354 e. The third-order valence-electron chi connectivity index (χ3n) is 6.54. The first-order valence-electron chi connectivity index (χ1n) is 13.4. The molecule has 40 heavy (non-hydrogen) atoms. The van der Waals surface area contributed by atoms with Gasteiger partial charge in [-0.25, -0.2) is 12.8 Å². The second kappa shape index (κ2) is 14.7. The lowest BCUT2D eigenvalue weighted by Gasteiger charge is -2.33. The van der Waals surface area contributed by atoms with Gasteiger partial charge in [0.1, 0.15) is 11.9 Å². The van der Waals surface area contributed by atoms with Crippen LogP contribution in [-0.4, -0.2) is 54.8 Å². The third-order valence-corrected chi connectivity index (χ3v) is 7.74. The van der Waals surface area contributed by atoms with E-state index in [0.29, 0.717) is 18.0 Å².